The van der Waals surface area contributed by atoms with Gasteiger partial charge in [0.05, 0.1) is 18.3 Å². The van der Waals surface area contributed by atoms with Gasteiger partial charge in [0.25, 0.3) is 0 Å². The number of carbonyl (C=O) groups is 3. The summed E-state index contributed by atoms with van der Waals surface area (Å²) in [6, 6.07) is -1.49. The Morgan fingerprint density at radius 3 is 2.58 bits per heavy atom. The van der Waals surface area contributed by atoms with Crippen molar-refractivity contribution in [2.45, 2.75) is 17.6 Å². The molecule has 24 heavy (non-hydrogen) atoms. The molecule has 136 valence electrons. The molecule has 13 heteroatoms. The lowest BCUT2D eigenvalue weighted by atomic mass is 9.97. The van der Waals surface area contributed by atoms with Gasteiger partial charge in [0, 0.05) is 5.33 Å². The Kier molecular flexibility index (Phi) is 7.73. The van der Waals surface area contributed by atoms with Crippen LogP contribution in [0.2, 0.25) is 0 Å². The van der Waals surface area contributed by atoms with Gasteiger partial charge in [-0.1, -0.05) is 15.9 Å². The molecule has 0 saturated carbocycles. The van der Waals surface area contributed by atoms with E-state index in [2.05, 4.69) is 21.2 Å². The van der Waals surface area contributed by atoms with E-state index in [4.69, 9.17) is 22.1 Å². The van der Waals surface area contributed by atoms with E-state index in [1.807, 2.05) is 0 Å². The molecular weight excluding hydrogens is 441 g/mol. The molecule has 1 heterocycles. The van der Waals surface area contributed by atoms with Gasteiger partial charge in [0.2, 0.25) is 11.8 Å². The quantitative estimate of drug-likeness (QED) is 0.318. The van der Waals surface area contributed by atoms with Gasteiger partial charge in [-0.2, -0.15) is 13.2 Å². The summed E-state index contributed by atoms with van der Waals surface area (Å²) in [5.74, 6) is -3.52. The number of halogens is 4. The number of hydrogen-bond donors (Lipinski definition) is 2. The lowest BCUT2D eigenvalue weighted by Gasteiger charge is -2.46. The van der Waals surface area contributed by atoms with Crippen LogP contribution in [-0.2, 0) is 19.1 Å². The Balaban J connectivity index is 2.49. The highest BCUT2D eigenvalue weighted by molar-refractivity contribution is 9.09. The fourth-order valence-corrected chi connectivity index (χ4v) is 3.12. The molecule has 2 amide bonds. The molecule has 2 atom stereocenters. The van der Waals surface area contributed by atoms with Crippen LogP contribution in [0.15, 0.2) is 0 Å². The van der Waals surface area contributed by atoms with E-state index in [1.54, 1.807) is 0 Å². The minimum absolute atomic E-state index is 0.117. The number of carbonyl (C=O) groups excluding carboxylic acids is 2. The number of aliphatic carboxylic acids is 1. The predicted molar refractivity (Wildman–Crippen MR) is 85.9 cm³/mol. The molecule has 0 aliphatic carbocycles. The summed E-state index contributed by atoms with van der Waals surface area (Å²) >= 11 is 7.44. The van der Waals surface area contributed by atoms with Crippen LogP contribution < -0.4 is 5.32 Å². The number of carboxylic acids is 1. The number of nitrogens with zero attached hydrogens (tertiary/aromatic N) is 1. The number of thiocarbonyl (C=S) groups is 1. The highest BCUT2D eigenvalue weighted by atomic mass is 79.9. The third-order valence-electron chi connectivity index (χ3n) is 2.83. The highest BCUT2D eigenvalue weighted by Gasteiger charge is 2.47. The van der Waals surface area contributed by atoms with Crippen LogP contribution in [0.1, 0.15) is 0 Å². The normalized spacial score (nSPS) is 20.3. The number of carboxylic acid groups (broad SMARTS) is 1. The number of ether oxygens (including phenoxy) is 1. The monoisotopic (exact) mass is 452 g/mol. The zero-order chi connectivity index (χ0) is 18.5. The number of nitrogens with one attached hydrogen (secondary N) is 1. The zero-order valence-electron chi connectivity index (χ0n) is 11.8. The van der Waals surface area contributed by atoms with Gasteiger partial charge in [-0.15, -0.1) is 0 Å². The van der Waals surface area contributed by atoms with Crippen molar-refractivity contribution in [2.24, 2.45) is 0 Å². The largest absolute Gasteiger partial charge is 0.479 e. The molecular formula is C11H12BrF3N2O5S2. The first-order valence-corrected chi connectivity index (χ1v) is 8.80. The van der Waals surface area contributed by atoms with E-state index in [1.165, 1.54) is 4.90 Å². The summed E-state index contributed by atoms with van der Waals surface area (Å²) in [6.45, 7) is -0.796. The van der Waals surface area contributed by atoms with Crippen LogP contribution in [0.25, 0.3) is 0 Å². The SMILES string of the molecule is O=C(O)COC(=S)CN1C(=O)[C@H](NC(=O)CSC(F)(F)F)[C@@H]1CBr. The summed E-state index contributed by atoms with van der Waals surface area (Å²) in [5.41, 5.74) is -4.53. The fourth-order valence-electron chi connectivity index (χ4n) is 1.82. The molecule has 0 aromatic heterocycles. The average Bonchev–Trinajstić information content (AvgIpc) is 2.48. The van der Waals surface area contributed by atoms with Gasteiger partial charge >= 0.3 is 11.5 Å². The third-order valence-corrected chi connectivity index (χ3v) is 4.48. The van der Waals surface area contributed by atoms with Crippen LogP contribution in [0.3, 0.4) is 0 Å². The molecule has 1 rings (SSSR count). The summed E-state index contributed by atoms with van der Waals surface area (Å²) in [6.07, 6.45) is 0. The number of thioether (sulfide) groups is 1. The van der Waals surface area contributed by atoms with E-state index < -0.39 is 59.5 Å². The number of β-lactam (4-membered cyclic amide) rings is 1. The van der Waals surface area contributed by atoms with Crippen LogP contribution >= 0.6 is 39.9 Å². The number of amides is 2. The Hall–Kier alpha value is -1.08. The molecule has 0 aromatic carbocycles. The van der Waals surface area contributed by atoms with Gasteiger partial charge in [0.1, 0.15) is 6.04 Å². The maximum absolute atomic E-state index is 12.0. The molecule has 1 saturated heterocycles. The molecule has 2 N–H and O–H groups in total. The first kappa shape index (κ1) is 21.0. The number of alkyl halides is 4. The molecule has 1 aliphatic heterocycles. The molecule has 0 spiro atoms. The van der Waals surface area contributed by atoms with Gasteiger partial charge in [-0.25, -0.2) is 4.79 Å². The van der Waals surface area contributed by atoms with Crippen molar-refractivity contribution in [2.75, 3.05) is 24.2 Å². The smallest absolute Gasteiger partial charge is 0.442 e. The van der Waals surface area contributed by atoms with Gasteiger partial charge in [-0.05, 0) is 24.0 Å². The summed E-state index contributed by atoms with van der Waals surface area (Å²) < 4.78 is 40.9. The van der Waals surface area contributed by atoms with E-state index in [-0.39, 0.29) is 16.9 Å². The molecule has 1 fully saturated rings. The second-order valence-corrected chi connectivity index (χ2v) is 6.66. The van der Waals surface area contributed by atoms with E-state index in [0.717, 1.165) is 0 Å². The Bertz CT molecular complexity index is 534. The topological polar surface area (TPSA) is 95.9 Å². The second-order valence-electron chi connectivity index (χ2n) is 4.52. The molecule has 0 unspecified atom stereocenters. The summed E-state index contributed by atoms with van der Waals surface area (Å²) in [4.78, 5) is 35.0. The Morgan fingerprint density at radius 1 is 1.46 bits per heavy atom. The lowest BCUT2D eigenvalue weighted by molar-refractivity contribution is -0.150. The minimum Gasteiger partial charge on any atom is -0.479 e. The molecule has 0 aromatic rings. The molecule has 0 radical (unpaired) electrons. The number of hydrogen-bond acceptors (Lipinski definition) is 6. The molecule has 0 bridgehead atoms. The van der Waals surface area contributed by atoms with Crippen molar-refractivity contribution in [1.82, 2.24) is 10.2 Å². The van der Waals surface area contributed by atoms with E-state index >= 15 is 0 Å². The maximum atomic E-state index is 12.0. The van der Waals surface area contributed by atoms with Crippen molar-refractivity contribution >= 4 is 62.7 Å². The van der Waals surface area contributed by atoms with Gasteiger partial charge in [0.15, 0.2) is 11.7 Å². The number of rotatable bonds is 8. The highest BCUT2D eigenvalue weighted by Crippen LogP contribution is 2.30. The lowest BCUT2D eigenvalue weighted by Crippen LogP contribution is -2.72. The van der Waals surface area contributed by atoms with E-state index in [9.17, 15) is 27.6 Å². The average molecular weight is 453 g/mol. The first-order chi connectivity index (χ1) is 11.0. The number of likely N-dealkylation sites (tertiary alicyclic amines) is 1. The fraction of sp³-hybridized carbons (Fsp3) is 0.636. The Morgan fingerprint density at radius 2 is 2.08 bits per heavy atom. The zero-order valence-corrected chi connectivity index (χ0v) is 15.1. The van der Waals surface area contributed by atoms with E-state index in [0.29, 0.717) is 0 Å². The van der Waals surface area contributed by atoms with Crippen LogP contribution in [0.5, 0.6) is 0 Å². The van der Waals surface area contributed by atoms with Crippen molar-refractivity contribution in [1.29, 1.82) is 0 Å². The first-order valence-electron chi connectivity index (χ1n) is 6.29. The van der Waals surface area contributed by atoms with Crippen LogP contribution in [0.4, 0.5) is 13.2 Å². The summed E-state index contributed by atoms with van der Waals surface area (Å²) in [5, 5.41) is 10.8. The standard InChI is InChI=1S/C11H12BrF3N2O5S2/c12-1-5-9(16-6(18)4-24-11(13,14)15)10(21)17(5)2-8(23)22-3-7(19)20/h5,9H,1-4H2,(H,16,18)(H,19,20)/t5-,9+/m0/s1. The molecule has 1 aliphatic rings. The van der Waals surface area contributed by atoms with Gasteiger partial charge < -0.3 is 20.1 Å². The van der Waals surface area contributed by atoms with Crippen molar-refractivity contribution in [3.05, 3.63) is 0 Å². The van der Waals surface area contributed by atoms with Crippen molar-refractivity contribution in [3.63, 3.8) is 0 Å². The summed E-state index contributed by atoms with van der Waals surface area (Å²) in [7, 11) is 0. The predicted octanol–water partition coefficient (Wildman–Crippen LogP) is 0.758. The Labute approximate surface area is 152 Å². The van der Waals surface area contributed by atoms with Crippen LogP contribution in [0, 0.1) is 0 Å². The second kappa shape index (κ2) is 8.85. The third kappa shape index (κ3) is 6.43. The van der Waals surface area contributed by atoms with Gasteiger partial charge in [-0.3, -0.25) is 9.59 Å². The van der Waals surface area contributed by atoms with Crippen molar-refractivity contribution in [3.8, 4) is 0 Å². The minimum atomic E-state index is -4.53. The maximum Gasteiger partial charge on any atom is 0.442 e. The molecule has 7 nitrogen and oxygen atoms in total. The van der Waals surface area contributed by atoms with Crippen molar-refractivity contribution < 1.29 is 37.4 Å². The van der Waals surface area contributed by atoms with Crippen LogP contribution in [-0.4, -0.2) is 74.7 Å².